The Morgan fingerprint density at radius 3 is 2.27 bits per heavy atom. The number of carbonyl (C=O) groups excluding carboxylic acids is 3. The van der Waals surface area contributed by atoms with Crippen molar-refractivity contribution in [3.63, 3.8) is 0 Å². The summed E-state index contributed by atoms with van der Waals surface area (Å²) in [6.07, 6.45) is 8.43. The molecule has 0 saturated carbocycles. The van der Waals surface area contributed by atoms with Crippen molar-refractivity contribution in [1.82, 2.24) is 0 Å². The Hall–Kier alpha value is -2.23. The molecule has 0 spiro atoms. The number of allylic oxidation sites excluding steroid dienone is 7. The third-order valence-electron chi connectivity index (χ3n) is 5.98. The summed E-state index contributed by atoms with van der Waals surface area (Å²) in [5.74, 6) is -1.28. The van der Waals surface area contributed by atoms with E-state index in [1.807, 2.05) is 33.8 Å². The molecule has 0 bridgehead atoms. The standard InChI is InChI=1S/C26H38O4/c1-17(2)10-9-11-19(5)12-13-22-16-26(25(29)30-8,15-14-18(3)4)24(28)23(20(22)6)21(7)27/h12,14,22H,1,9-11,13,15-16H2,2-8H3/b19-12+/t22-,26+/m1/s1. The van der Waals surface area contributed by atoms with Crippen LogP contribution in [0.15, 0.2) is 46.6 Å². The van der Waals surface area contributed by atoms with Gasteiger partial charge in [0.1, 0.15) is 5.41 Å². The maximum Gasteiger partial charge on any atom is 0.320 e. The fourth-order valence-electron chi connectivity index (χ4n) is 4.11. The predicted molar refractivity (Wildman–Crippen MR) is 122 cm³/mol. The number of ether oxygens (including phenoxy) is 1. The highest BCUT2D eigenvalue weighted by atomic mass is 16.5. The van der Waals surface area contributed by atoms with Gasteiger partial charge in [-0.15, -0.1) is 6.58 Å². The van der Waals surface area contributed by atoms with Gasteiger partial charge in [0.15, 0.2) is 11.6 Å². The highest BCUT2D eigenvalue weighted by Crippen LogP contribution is 2.45. The van der Waals surface area contributed by atoms with Crippen molar-refractivity contribution >= 4 is 17.5 Å². The van der Waals surface area contributed by atoms with Crippen LogP contribution in [0.5, 0.6) is 0 Å². The lowest BCUT2D eigenvalue weighted by molar-refractivity contribution is -0.158. The van der Waals surface area contributed by atoms with Crippen LogP contribution in [0, 0.1) is 11.3 Å². The predicted octanol–water partition coefficient (Wildman–Crippen LogP) is 6.08. The average Bonchev–Trinajstić information content (AvgIpc) is 2.65. The van der Waals surface area contributed by atoms with Crippen molar-refractivity contribution in [2.24, 2.45) is 11.3 Å². The van der Waals surface area contributed by atoms with Gasteiger partial charge in [-0.3, -0.25) is 14.4 Å². The number of Topliss-reactive ketones (excluding diaryl/α,β-unsaturated/α-hetero) is 2. The van der Waals surface area contributed by atoms with E-state index in [1.165, 1.54) is 25.2 Å². The Balaban J connectivity index is 3.30. The lowest BCUT2D eigenvalue weighted by atomic mass is 9.63. The Morgan fingerprint density at radius 1 is 1.13 bits per heavy atom. The van der Waals surface area contributed by atoms with Crippen molar-refractivity contribution in [1.29, 1.82) is 0 Å². The van der Waals surface area contributed by atoms with Gasteiger partial charge in [0, 0.05) is 0 Å². The zero-order valence-electron chi connectivity index (χ0n) is 19.8. The van der Waals surface area contributed by atoms with E-state index in [-0.39, 0.29) is 23.7 Å². The first-order valence-corrected chi connectivity index (χ1v) is 10.7. The van der Waals surface area contributed by atoms with Crippen LogP contribution in [0.1, 0.15) is 80.1 Å². The van der Waals surface area contributed by atoms with E-state index in [1.54, 1.807) is 0 Å². The Bertz CT molecular complexity index is 790. The Labute approximate surface area is 182 Å². The molecule has 4 nitrogen and oxygen atoms in total. The van der Waals surface area contributed by atoms with E-state index in [0.29, 0.717) is 12.8 Å². The summed E-state index contributed by atoms with van der Waals surface area (Å²) in [5.41, 5.74) is 3.10. The fraction of sp³-hybridized carbons (Fsp3) is 0.577. The first kappa shape index (κ1) is 25.8. The number of hydrogen-bond donors (Lipinski definition) is 0. The van der Waals surface area contributed by atoms with Crippen molar-refractivity contribution in [2.75, 3.05) is 7.11 Å². The van der Waals surface area contributed by atoms with E-state index in [4.69, 9.17) is 4.74 Å². The van der Waals surface area contributed by atoms with Crippen LogP contribution in [0.4, 0.5) is 0 Å². The van der Waals surface area contributed by atoms with Crippen molar-refractivity contribution < 1.29 is 19.1 Å². The summed E-state index contributed by atoms with van der Waals surface area (Å²) in [4.78, 5) is 38.6. The maximum absolute atomic E-state index is 13.4. The molecule has 1 aliphatic rings. The fourth-order valence-corrected chi connectivity index (χ4v) is 4.11. The van der Waals surface area contributed by atoms with Crippen molar-refractivity contribution in [3.8, 4) is 0 Å². The molecule has 0 aromatic heterocycles. The van der Waals surface area contributed by atoms with Crippen LogP contribution in [0.25, 0.3) is 0 Å². The molecule has 0 N–H and O–H groups in total. The molecule has 2 atom stereocenters. The van der Waals surface area contributed by atoms with Gasteiger partial charge in [-0.25, -0.2) is 0 Å². The average molecular weight is 415 g/mol. The monoisotopic (exact) mass is 414 g/mol. The van der Waals surface area contributed by atoms with Crippen molar-refractivity contribution in [3.05, 3.63) is 46.6 Å². The van der Waals surface area contributed by atoms with Gasteiger partial charge < -0.3 is 4.74 Å². The quantitative estimate of drug-likeness (QED) is 0.188. The number of esters is 1. The molecule has 0 aromatic carbocycles. The minimum atomic E-state index is -1.33. The number of carbonyl (C=O) groups is 3. The Morgan fingerprint density at radius 2 is 1.77 bits per heavy atom. The molecule has 0 amide bonds. The van der Waals surface area contributed by atoms with Gasteiger partial charge >= 0.3 is 5.97 Å². The molecular weight excluding hydrogens is 376 g/mol. The van der Waals surface area contributed by atoms with Crippen LogP contribution in [-0.2, 0) is 19.1 Å². The summed E-state index contributed by atoms with van der Waals surface area (Å²) >= 11 is 0. The van der Waals surface area contributed by atoms with Gasteiger partial charge in [-0.1, -0.05) is 34.4 Å². The van der Waals surface area contributed by atoms with Gasteiger partial charge in [-0.05, 0) is 86.0 Å². The van der Waals surface area contributed by atoms with Gasteiger partial charge in [0.2, 0.25) is 0 Å². The Kier molecular flexibility index (Phi) is 9.67. The zero-order valence-corrected chi connectivity index (χ0v) is 19.8. The van der Waals surface area contributed by atoms with E-state index in [2.05, 4.69) is 19.6 Å². The summed E-state index contributed by atoms with van der Waals surface area (Å²) in [7, 11) is 1.30. The lowest BCUT2D eigenvalue weighted by Crippen LogP contribution is -2.47. The highest BCUT2D eigenvalue weighted by Gasteiger charge is 2.52. The molecule has 30 heavy (non-hydrogen) atoms. The number of hydrogen-bond acceptors (Lipinski definition) is 4. The van der Waals surface area contributed by atoms with Crippen LogP contribution >= 0.6 is 0 Å². The minimum Gasteiger partial charge on any atom is -0.468 e. The van der Waals surface area contributed by atoms with E-state index in [9.17, 15) is 14.4 Å². The molecule has 0 unspecified atom stereocenters. The first-order chi connectivity index (χ1) is 14.0. The highest BCUT2D eigenvalue weighted by molar-refractivity contribution is 6.27. The van der Waals surface area contributed by atoms with Gasteiger partial charge in [-0.2, -0.15) is 0 Å². The molecular formula is C26H38O4. The third-order valence-corrected chi connectivity index (χ3v) is 5.98. The summed E-state index contributed by atoms with van der Waals surface area (Å²) in [6.45, 7) is 15.2. The van der Waals surface area contributed by atoms with Crippen LogP contribution in [0.3, 0.4) is 0 Å². The topological polar surface area (TPSA) is 60.4 Å². The SMILES string of the molecule is C=C(C)CCC/C(C)=C/C[C@@H]1C[C@](CC=C(C)C)(C(=O)OC)C(=O)C(C(C)=O)=C1C. The normalized spacial score (nSPS) is 22.0. The third kappa shape index (κ3) is 6.38. The minimum absolute atomic E-state index is 0.0534. The van der Waals surface area contributed by atoms with Gasteiger partial charge in [0.25, 0.3) is 0 Å². The molecule has 0 fully saturated rings. The second kappa shape index (κ2) is 11.2. The molecule has 0 aliphatic heterocycles. The van der Waals surface area contributed by atoms with E-state index >= 15 is 0 Å². The second-order valence-corrected chi connectivity index (χ2v) is 9.00. The molecule has 1 rings (SSSR count). The smallest absolute Gasteiger partial charge is 0.320 e. The summed E-state index contributed by atoms with van der Waals surface area (Å²) in [6, 6.07) is 0. The van der Waals surface area contributed by atoms with Crippen LogP contribution < -0.4 is 0 Å². The summed E-state index contributed by atoms with van der Waals surface area (Å²) < 4.78 is 5.06. The first-order valence-electron chi connectivity index (χ1n) is 10.7. The zero-order chi connectivity index (χ0) is 23.1. The lowest BCUT2D eigenvalue weighted by Gasteiger charge is -2.38. The van der Waals surface area contributed by atoms with Gasteiger partial charge in [0.05, 0.1) is 12.7 Å². The molecule has 4 heteroatoms. The molecule has 166 valence electrons. The maximum atomic E-state index is 13.4. The van der Waals surface area contributed by atoms with E-state index < -0.39 is 17.2 Å². The summed E-state index contributed by atoms with van der Waals surface area (Å²) in [5, 5.41) is 0. The molecule has 0 heterocycles. The largest absolute Gasteiger partial charge is 0.468 e. The number of methoxy groups -OCH3 is 1. The number of ketones is 2. The van der Waals surface area contributed by atoms with E-state index in [0.717, 1.165) is 30.4 Å². The molecule has 0 radical (unpaired) electrons. The molecule has 1 aliphatic carbocycles. The van der Waals surface area contributed by atoms with Crippen LogP contribution in [-0.4, -0.2) is 24.6 Å². The number of rotatable bonds is 10. The van der Waals surface area contributed by atoms with Crippen molar-refractivity contribution in [2.45, 2.75) is 80.1 Å². The molecule has 0 aromatic rings. The second-order valence-electron chi connectivity index (χ2n) is 9.00. The molecule has 0 saturated heterocycles. The van der Waals surface area contributed by atoms with Crippen LogP contribution in [0.2, 0.25) is 0 Å².